The highest BCUT2D eigenvalue weighted by Gasteiger charge is 2.25. The van der Waals surface area contributed by atoms with Gasteiger partial charge in [-0.15, -0.1) is 0 Å². The largest absolute Gasteiger partial charge is 0.326 e. The molecule has 5 heteroatoms. The molecule has 2 aliphatic heterocycles. The average molecular weight is 315 g/mol. The molecule has 0 unspecified atom stereocenters. The van der Waals surface area contributed by atoms with E-state index in [1.54, 1.807) is 0 Å². The molecular weight excluding hydrogens is 290 g/mol. The van der Waals surface area contributed by atoms with Gasteiger partial charge in [-0.1, -0.05) is 0 Å². The fourth-order valence-corrected chi connectivity index (χ4v) is 3.56. The number of hydrogen-bond donors (Lipinski definition) is 1. The van der Waals surface area contributed by atoms with E-state index in [-0.39, 0.29) is 17.7 Å². The fourth-order valence-electron chi connectivity index (χ4n) is 3.56. The molecule has 0 aliphatic carbocycles. The Morgan fingerprint density at radius 3 is 2.74 bits per heavy atom. The monoisotopic (exact) mass is 315 g/mol. The van der Waals surface area contributed by atoms with Crippen molar-refractivity contribution >= 4 is 23.2 Å². The maximum Gasteiger partial charge on any atom is 0.228 e. The molecule has 2 amide bonds. The van der Waals surface area contributed by atoms with Crippen LogP contribution in [-0.2, 0) is 9.59 Å². The summed E-state index contributed by atoms with van der Waals surface area (Å²) in [5.74, 6) is 0.352. The molecule has 3 rings (SSSR count). The lowest BCUT2D eigenvalue weighted by atomic mass is 9.97. The van der Waals surface area contributed by atoms with Crippen molar-refractivity contribution in [1.29, 1.82) is 0 Å². The molecule has 2 fully saturated rings. The van der Waals surface area contributed by atoms with Crippen molar-refractivity contribution in [2.24, 2.45) is 5.92 Å². The fraction of sp³-hybridized carbons (Fsp3) is 0.556. The van der Waals surface area contributed by atoms with E-state index in [4.69, 9.17) is 0 Å². The maximum atomic E-state index is 12.4. The number of carbonyl (C=O) groups excluding carboxylic acids is 2. The number of nitrogens with one attached hydrogen (secondary N) is 1. The quantitative estimate of drug-likeness (QED) is 0.932. The van der Waals surface area contributed by atoms with E-state index in [1.165, 1.54) is 0 Å². The van der Waals surface area contributed by atoms with Gasteiger partial charge in [0, 0.05) is 30.9 Å². The molecule has 1 aromatic rings. The van der Waals surface area contributed by atoms with Gasteiger partial charge in [0.05, 0.1) is 5.92 Å². The van der Waals surface area contributed by atoms with E-state index < -0.39 is 0 Å². The van der Waals surface area contributed by atoms with Gasteiger partial charge in [-0.2, -0.15) is 0 Å². The van der Waals surface area contributed by atoms with Crippen molar-refractivity contribution in [3.63, 3.8) is 0 Å². The smallest absolute Gasteiger partial charge is 0.228 e. The zero-order valence-electron chi connectivity index (χ0n) is 14.0. The number of piperidine rings is 1. The lowest BCUT2D eigenvalue weighted by Gasteiger charge is -2.28. The second-order valence-electron chi connectivity index (χ2n) is 6.74. The normalized spacial score (nSPS) is 22.4. The summed E-state index contributed by atoms with van der Waals surface area (Å²) in [5.41, 5.74) is 2.80. The van der Waals surface area contributed by atoms with Crippen LogP contribution in [-0.4, -0.2) is 43.4 Å². The number of carbonyl (C=O) groups is 2. The van der Waals surface area contributed by atoms with E-state index in [9.17, 15) is 9.59 Å². The lowest BCUT2D eigenvalue weighted by molar-refractivity contribution is -0.121. The third-order valence-corrected chi connectivity index (χ3v) is 4.82. The van der Waals surface area contributed by atoms with Crippen LogP contribution in [0.2, 0.25) is 0 Å². The van der Waals surface area contributed by atoms with Crippen molar-refractivity contribution < 1.29 is 9.59 Å². The predicted octanol–water partition coefficient (Wildman–Crippen LogP) is 2.40. The number of benzene rings is 1. The highest BCUT2D eigenvalue weighted by molar-refractivity contribution is 5.97. The predicted molar refractivity (Wildman–Crippen MR) is 91.6 cm³/mol. The third-order valence-electron chi connectivity index (χ3n) is 4.82. The summed E-state index contributed by atoms with van der Waals surface area (Å²) in [4.78, 5) is 28.3. The van der Waals surface area contributed by atoms with Crippen molar-refractivity contribution in [2.75, 3.05) is 36.9 Å². The minimum absolute atomic E-state index is 0.0638. The van der Waals surface area contributed by atoms with Crippen LogP contribution in [0.4, 0.5) is 11.4 Å². The second-order valence-corrected chi connectivity index (χ2v) is 6.74. The molecule has 1 aromatic carbocycles. The molecule has 23 heavy (non-hydrogen) atoms. The summed E-state index contributed by atoms with van der Waals surface area (Å²) >= 11 is 0. The van der Waals surface area contributed by atoms with Crippen LogP contribution in [0, 0.1) is 12.8 Å². The highest BCUT2D eigenvalue weighted by Crippen LogP contribution is 2.28. The van der Waals surface area contributed by atoms with Crippen molar-refractivity contribution in [2.45, 2.75) is 32.6 Å². The van der Waals surface area contributed by atoms with E-state index in [2.05, 4.69) is 17.3 Å². The van der Waals surface area contributed by atoms with Crippen LogP contribution in [0.1, 0.15) is 31.2 Å². The molecule has 0 spiro atoms. The van der Waals surface area contributed by atoms with Gasteiger partial charge in [-0.3, -0.25) is 9.59 Å². The van der Waals surface area contributed by atoms with Gasteiger partial charge in [0.2, 0.25) is 11.8 Å². The minimum Gasteiger partial charge on any atom is -0.326 e. The number of anilines is 2. The molecule has 2 saturated heterocycles. The molecule has 2 heterocycles. The molecule has 0 radical (unpaired) electrons. The summed E-state index contributed by atoms with van der Waals surface area (Å²) in [6.07, 6.45) is 3.58. The Labute approximate surface area is 137 Å². The van der Waals surface area contributed by atoms with Gasteiger partial charge >= 0.3 is 0 Å². The van der Waals surface area contributed by atoms with Crippen LogP contribution < -0.4 is 10.2 Å². The van der Waals surface area contributed by atoms with E-state index in [0.29, 0.717) is 6.42 Å². The number of nitrogens with zero attached hydrogens (tertiary/aromatic N) is 2. The van der Waals surface area contributed by atoms with Gasteiger partial charge in [-0.25, -0.2) is 0 Å². The highest BCUT2D eigenvalue weighted by atomic mass is 16.2. The van der Waals surface area contributed by atoms with Crippen molar-refractivity contribution in [1.82, 2.24) is 4.90 Å². The average Bonchev–Trinajstić information content (AvgIpc) is 2.93. The van der Waals surface area contributed by atoms with Gasteiger partial charge in [-0.05, 0) is 63.5 Å². The first-order valence-electron chi connectivity index (χ1n) is 8.45. The van der Waals surface area contributed by atoms with Crippen molar-refractivity contribution in [3.05, 3.63) is 23.8 Å². The Hall–Kier alpha value is -1.88. The zero-order valence-corrected chi connectivity index (χ0v) is 14.0. The molecule has 124 valence electrons. The molecule has 0 bridgehead atoms. The summed E-state index contributed by atoms with van der Waals surface area (Å²) in [6.45, 7) is 4.68. The SMILES string of the molecule is Cc1cc(NC(=O)[C@@H]2CCCN(C)C2)ccc1N1CCCC1=O. The van der Waals surface area contributed by atoms with Crippen LogP contribution in [0.25, 0.3) is 0 Å². The Bertz CT molecular complexity index is 614. The van der Waals surface area contributed by atoms with Gasteiger partial charge < -0.3 is 15.1 Å². The van der Waals surface area contributed by atoms with Gasteiger partial charge in [0.1, 0.15) is 0 Å². The number of likely N-dealkylation sites (tertiary alicyclic amines) is 1. The lowest BCUT2D eigenvalue weighted by Crippen LogP contribution is -2.38. The molecule has 0 saturated carbocycles. The number of hydrogen-bond acceptors (Lipinski definition) is 3. The standard InChI is InChI=1S/C18H25N3O2/c1-13-11-15(7-8-16(13)21-10-4-6-17(21)22)19-18(23)14-5-3-9-20(2)12-14/h7-8,11,14H,3-6,9-10,12H2,1-2H3,(H,19,23)/t14-/m1/s1. The molecule has 1 N–H and O–H groups in total. The molecule has 1 atom stereocenters. The minimum atomic E-state index is 0.0638. The van der Waals surface area contributed by atoms with Crippen LogP contribution in [0.5, 0.6) is 0 Å². The summed E-state index contributed by atoms with van der Waals surface area (Å²) < 4.78 is 0. The first kappa shape index (κ1) is 16.0. The first-order valence-corrected chi connectivity index (χ1v) is 8.45. The molecule has 5 nitrogen and oxygen atoms in total. The summed E-state index contributed by atoms with van der Waals surface area (Å²) in [5, 5.41) is 3.03. The maximum absolute atomic E-state index is 12.4. The topological polar surface area (TPSA) is 52.7 Å². The Balaban J connectivity index is 1.68. The second kappa shape index (κ2) is 6.71. The molecular formula is C18H25N3O2. The Kier molecular flexibility index (Phi) is 4.66. The van der Waals surface area contributed by atoms with Crippen molar-refractivity contribution in [3.8, 4) is 0 Å². The number of aryl methyl sites for hydroxylation is 1. The third kappa shape index (κ3) is 3.55. The summed E-state index contributed by atoms with van der Waals surface area (Å²) in [7, 11) is 2.06. The van der Waals surface area contributed by atoms with E-state index in [0.717, 1.165) is 55.8 Å². The van der Waals surface area contributed by atoms with Crippen LogP contribution >= 0.6 is 0 Å². The van der Waals surface area contributed by atoms with Crippen LogP contribution in [0.3, 0.4) is 0 Å². The molecule has 0 aromatic heterocycles. The van der Waals surface area contributed by atoms with Gasteiger partial charge in [0.15, 0.2) is 0 Å². The van der Waals surface area contributed by atoms with Crippen LogP contribution in [0.15, 0.2) is 18.2 Å². The van der Waals surface area contributed by atoms with E-state index >= 15 is 0 Å². The number of rotatable bonds is 3. The zero-order chi connectivity index (χ0) is 16.4. The molecule has 2 aliphatic rings. The Morgan fingerprint density at radius 1 is 1.26 bits per heavy atom. The summed E-state index contributed by atoms with van der Waals surface area (Å²) in [6, 6.07) is 5.81. The first-order chi connectivity index (χ1) is 11.0. The number of amides is 2. The van der Waals surface area contributed by atoms with E-state index in [1.807, 2.05) is 30.0 Å². The Morgan fingerprint density at radius 2 is 2.09 bits per heavy atom. The van der Waals surface area contributed by atoms with Gasteiger partial charge in [0.25, 0.3) is 0 Å².